The zero-order valence-electron chi connectivity index (χ0n) is 15.9. The summed E-state index contributed by atoms with van der Waals surface area (Å²) >= 11 is 0. The van der Waals surface area contributed by atoms with Crippen molar-refractivity contribution in [2.75, 3.05) is 26.1 Å². The van der Waals surface area contributed by atoms with Gasteiger partial charge in [0.05, 0.1) is 38.2 Å². The SMILES string of the molecule is COc1cccc2c(-c3cn(Cc4ccn([C@@H]5CCOC5)n4)nn3)nc(N)nc12. The molecule has 4 aromatic rings. The van der Waals surface area contributed by atoms with E-state index in [4.69, 9.17) is 15.2 Å². The van der Waals surface area contributed by atoms with Gasteiger partial charge in [0.2, 0.25) is 5.95 Å². The molecule has 0 bridgehead atoms. The third-order valence-electron chi connectivity index (χ3n) is 4.98. The van der Waals surface area contributed by atoms with E-state index in [2.05, 4.69) is 25.4 Å². The Kier molecular flexibility index (Phi) is 4.32. The summed E-state index contributed by atoms with van der Waals surface area (Å²) in [6.45, 7) is 2.00. The Morgan fingerprint density at radius 2 is 2.21 bits per heavy atom. The molecule has 4 heterocycles. The highest BCUT2D eigenvalue weighted by Crippen LogP contribution is 2.30. The van der Waals surface area contributed by atoms with Gasteiger partial charge in [-0.1, -0.05) is 17.3 Å². The Labute approximate surface area is 166 Å². The summed E-state index contributed by atoms with van der Waals surface area (Å²) in [6.07, 6.45) is 4.80. The molecule has 148 valence electrons. The summed E-state index contributed by atoms with van der Waals surface area (Å²) < 4.78 is 14.5. The van der Waals surface area contributed by atoms with Crippen LogP contribution in [-0.2, 0) is 11.3 Å². The molecule has 3 aromatic heterocycles. The largest absolute Gasteiger partial charge is 0.494 e. The number of benzene rings is 1. The molecule has 0 unspecified atom stereocenters. The molecule has 1 aliphatic heterocycles. The second-order valence-corrected chi connectivity index (χ2v) is 6.89. The summed E-state index contributed by atoms with van der Waals surface area (Å²) in [4.78, 5) is 8.70. The predicted octanol–water partition coefficient (Wildman–Crippen LogP) is 1.69. The third kappa shape index (κ3) is 3.27. The highest BCUT2D eigenvalue weighted by molar-refractivity contribution is 5.95. The zero-order chi connectivity index (χ0) is 19.8. The normalized spacial score (nSPS) is 16.5. The summed E-state index contributed by atoms with van der Waals surface area (Å²) in [5.41, 5.74) is 8.70. The molecule has 1 atom stereocenters. The number of nitrogens with zero attached hydrogens (tertiary/aromatic N) is 7. The van der Waals surface area contributed by atoms with Gasteiger partial charge in [0.1, 0.15) is 22.7 Å². The molecule has 2 N–H and O–H groups in total. The molecule has 0 radical (unpaired) electrons. The summed E-state index contributed by atoms with van der Waals surface area (Å²) in [5, 5.41) is 14.0. The van der Waals surface area contributed by atoms with Crippen LogP contribution in [0.25, 0.3) is 22.3 Å². The topological polar surface area (TPSA) is 119 Å². The standard InChI is InChI=1S/C19H20N8O2/c1-28-16-4-2-3-14-17(21-19(20)22-18(14)16)15-10-26(25-23-15)9-12-5-7-27(24-12)13-6-8-29-11-13/h2-5,7,10,13H,6,8-9,11H2,1H3,(H2,20,21,22)/t13-/m1/s1. The van der Waals surface area contributed by atoms with Gasteiger partial charge in [0, 0.05) is 18.2 Å². The van der Waals surface area contributed by atoms with E-state index in [0.717, 1.165) is 24.1 Å². The van der Waals surface area contributed by atoms with Gasteiger partial charge in [-0.05, 0) is 18.6 Å². The Bertz CT molecular complexity index is 1160. The number of hydrogen-bond donors (Lipinski definition) is 1. The van der Waals surface area contributed by atoms with Crippen molar-refractivity contribution in [1.82, 2.24) is 34.7 Å². The lowest BCUT2D eigenvalue weighted by molar-refractivity contribution is 0.184. The summed E-state index contributed by atoms with van der Waals surface area (Å²) in [6, 6.07) is 7.93. The highest BCUT2D eigenvalue weighted by Gasteiger charge is 2.19. The average molecular weight is 392 g/mol. The maximum atomic E-state index is 5.92. The van der Waals surface area contributed by atoms with Crippen molar-refractivity contribution in [3.05, 3.63) is 42.4 Å². The third-order valence-corrected chi connectivity index (χ3v) is 4.98. The van der Waals surface area contributed by atoms with Gasteiger partial charge < -0.3 is 15.2 Å². The first kappa shape index (κ1) is 17.6. The molecule has 10 heteroatoms. The molecule has 1 fully saturated rings. The molecule has 1 aliphatic rings. The maximum Gasteiger partial charge on any atom is 0.221 e. The van der Waals surface area contributed by atoms with Crippen LogP contribution in [0.5, 0.6) is 5.75 Å². The predicted molar refractivity (Wildman–Crippen MR) is 105 cm³/mol. The van der Waals surface area contributed by atoms with Crippen LogP contribution in [0.4, 0.5) is 5.95 Å². The quantitative estimate of drug-likeness (QED) is 0.545. The van der Waals surface area contributed by atoms with Crippen LogP contribution in [0, 0.1) is 0 Å². The van der Waals surface area contributed by atoms with E-state index in [1.165, 1.54) is 0 Å². The number of fused-ring (bicyclic) bond motifs is 1. The number of nitrogens with two attached hydrogens (primary N) is 1. The van der Waals surface area contributed by atoms with Crippen molar-refractivity contribution >= 4 is 16.9 Å². The van der Waals surface area contributed by atoms with Crippen molar-refractivity contribution in [1.29, 1.82) is 0 Å². The Morgan fingerprint density at radius 3 is 3.03 bits per heavy atom. The van der Waals surface area contributed by atoms with E-state index in [0.29, 0.717) is 41.8 Å². The van der Waals surface area contributed by atoms with Crippen molar-refractivity contribution < 1.29 is 9.47 Å². The fraction of sp³-hybridized carbons (Fsp3) is 0.316. The van der Waals surface area contributed by atoms with Crippen LogP contribution in [0.15, 0.2) is 36.7 Å². The van der Waals surface area contributed by atoms with E-state index >= 15 is 0 Å². The fourth-order valence-electron chi connectivity index (χ4n) is 3.55. The van der Waals surface area contributed by atoms with E-state index in [-0.39, 0.29) is 5.95 Å². The molecule has 10 nitrogen and oxygen atoms in total. The molecule has 0 spiro atoms. The van der Waals surface area contributed by atoms with Gasteiger partial charge in [-0.25, -0.2) is 14.6 Å². The van der Waals surface area contributed by atoms with Crippen molar-refractivity contribution in [2.45, 2.75) is 19.0 Å². The molecule has 0 aliphatic carbocycles. The molecular formula is C19H20N8O2. The lowest BCUT2D eigenvalue weighted by atomic mass is 10.1. The first-order valence-electron chi connectivity index (χ1n) is 9.34. The van der Waals surface area contributed by atoms with Crippen molar-refractivity contribution in [3.63, 3.8) is 0 Å². The Balaban J connectivity index is 1.44. The number of para-hydroxylation sites is 1. The molecule has 29 heavy (non-hydrogen) atoms. The van der Waals surface area contributed by atoms with Gasteiger partial charge in [0.25, 0.3) is 0 Å². The molecular weight excluding hydrogens is 372 g/mol. The van der Waals surface area contributed by atoms with Gasteiger partial charge >= 0.3 is 0 Å². The second-order valence-electron chi connectivity index (χ2n) is 6.89. The first-order chi connectivity index (χ1) is 14.2. The lowest BCUT2D eigenvalue weighted by Gasteiger charge is -2.07. The van der Waals surface area contributed by atoms with Gasteiger partial charge in [-0.3, -0.25) is 4.68 Å². The molecule has 1 aromatic carbocycles. The second kappa shape index (κ2) is 7.13. The van der Waals surface area contributed by atoms with E-state index in [9.17, 15) is 0 Å². The summed E-state index contributed by atoms with van der Waals surface area (Å²) in [5.74, 6) is 0.788. The minimum Gasteiger partial charge on any atom is -0.494 e. The minimum absolute atomic E-state index is 0.157. The van der Waals surface area contributed by atoms with Gasteiger partial charge in [-0.15, -0.1) is 5.10 Å². The zero-order valence-corrected chi connectivity index (χ0v) is 15.9. The molecule has 1 saturated heterocycles. The number of rotatable bonds is 5. The summed E-state index contributed by atoms with van der Waals surface area (Å²) in [7, 11) is 1.60. The Morgan fingerprint density at radius 1 is 1.28 bits per heavy atom. The monoisotopic (exact) mass is 392 g/mol. The number of hydrogen-bond acceptors (Lipinski definition) is 8. The highest BCUT2D eigenvalue weighted by atomic mass is 16.5. The van der Waals surface area contributed by atoms with Crippen LogP contribution in [0.1, 0.15) is 18.2 Å². The van der Waals surface area contributed by atoms with E-state index in [1.54, 1.807) is 11.8 Å². The number of ether oxygens (including phenoxy) is 2. The van der Waals surface area contributed by atoms with E-state index < -0.39 is 0 Å². The lowest BCUT2D eigenvalue weighted by Crippen LogP contribution is -2.10. The van der Waals surface area contributed by atoms with Gasteiger partial charge in [0.15, 0.2) is 0 Å². The van der Waals surface area contributed by atoms with Crippen LogP contribution < -0.4 is 10.5 Å². The van der Waals surface area contributed by atoms with Crippen LogP contribution in [0.2, 0.25) is 0 Å². The van der Waals surface area contributed by atoms with Crippen molar-refractivity contribution in [3.8, 4) is 17.1 Å². The first-order valence-corrected chi connectivity index (χ1v) is 9.34. The number of methoxy groups -OCH3 is 1. The van der Waals surface area contributed by atoms with E-state index in [1.807, 2.05) is 41.3 Å². The smallest absolute Gasteiger partial charge is 0.221 e. The number of anilines is 1. The van der Waals surface area contributed by atoms with Crippen LogP contribution >= 0.6 is 0 Å². The maximum absolute atomic E-state index is 5.92. The van der Waals surface area contributed by atoms with Crippen molar-refractivity contribution in [2.24, 2.45) is 0 Å². The Hall–Kier alpha value is -3.53. The van der Waals surface area contributed by atoms with Crippen LogP contribution in [-0.4, -0.2) is 55.1 Å². The number of aromatic nitrogens is 7. The fourth-order valence-corrected chi connectivity index (χ4v) is 3.55. The molecule has 0 amide bonds. The van der Waals surface area contributed by atoms with Gasteiger partial charge in [-0.2, -0.15) is 5.10 Å². The molecule has 0 saturated carbocycles. The minimum atomic E-state index is 0.157. The van der Waals surface area contributed by atoms with Crippen LogP contribution in [0.3, 0.4) is 0 Å². The molecule has 5 rings (SSSR count). The number of nitrogen functional groups attached to an aromatic ring is 1. The average Bonchev–Trinajstić information content (AvgIpc) is 3.49.